The van der Waals surface area contributed by atoms with Gasteiger partial charge in [0, 0.05) is 18.1 Å². The minimum atomic E-state index is -0.285. The van der Waals surface area contributed by atoms with Gasteiger partial charge in [0.25, 0.3) is 0 Å². The molecule has 2 aromatic rings. The molecule has 1 aliphatic heterocycles. The van der Waals surface area contributed by atoms with Gasteiger partial charge in [-0.15, -0.1) is 0 Å². The number of aromatic nitrogens is 2. The number of benzene rings is 1. The molecule has 2 heterocycles. The van der Waals surface area contributed by atoms with Crippen LogP contribution in [-0.2, 0) is 11.3 Å². The highest BCUT2D eigenvalue weighted by atomic mass is 32.2. The maximum absolute atomic E-state index is 11.9. The Morgan fingerprint density at radius 2 is 2.20 bits per heavy atom. The Bertz CT molecular complexity index is 599. The SMILES string of the molecule is CSc1nccn1C[C@H]1CN(c2ccccc2)C(=O)O1. The summed E-state index contributed by atoms with van der Waals surface area (Å²) in [5.41, 5.74) is 0.871. The van der Waals surface area contributed by atoms with Crippen molar-refractivity contribution in [2.45, 2.75) is 17.8 Å². The van der Waals surface area contributed by atoms with Crippen LogP contribution in [0.1, 0.15) is 0 Å². The first-order chi connectivity index (χ1) is 9.78. The fourth-order valence-electron chi connectivity index (χ4n) is 2.28. The van der Waals surface area contributed by atoms with Crippen LogP contribution in [0.4, 0.5) is 10.5 Å². The maximum atomic E-state index is 11.9. The molecule has 1 fully saturated rings. The third kappa shape index (κ3) is 2.51. The molecule has 104 valence electrons. The van der Waals surface area contributed by atoms with Crippen molar-refractivity contribution in [3.8, 4) is 0 Å². The van der Waals surface area contributed by atoms with E-state index in [9.17, 15) is 4.79 Å². The molecule has 5 nitrogen and oxygen atoms in total. The Kier molecular flexibility index (Phi) is 3.64. The van der Waals surface area contributed by atoms with Crippen LogP contribution in [0.5, 0.6) is 0 Å². The molecule has 20 heavy (non-hydrogen) atoms. The van der Waals surface area contributed by atoms with Crippen molar-refractivity contribution < 1.29 is 9.53 Å². The van der Waals surface area contributed by atoms with Gasteiger partial charge in [-0.3, -0.25) is 4.90 Å². The monoisotopic (exact) mass is 289 g/mol. The molecule has 0 unspecified atom stereocenters. The van der Waals surface area contributed by atoms with Gasteiger partial charge in [-0.25, -0.2) is 9.78 Å². The summed E-state index contributed by atoms with van der Waals surface area (Å²) in [6.07, 6.45) is 5.22. The van der Waals surface area contributed by atoms with Gasteiger partial charge in [0.05, 0.1) is 13.1 Å². The molecule has 0 spiro atoms. The first kappa shape index (κ1) is 13.1. The normalized spacial score (nSPS) is 18.4. The molecule has 1 amide bonds. The van der Waals surface area contributed by atoms with E-state index in [-0.39, 0.29) is 12.2 Å². The second kappa shape index (κ2) is 5.58. The van der Waals surface area contributed by atoms with E-state index in [4.69, 9.17) is 4.74 Å². The average molecular weight is 289 g/mol. The van der Waals surface area contributed by atoms with Gasteiger partial charge in [-0.2, -0.15) is 0 Å². The first-order valence-electron chi connectivity index (χ1n) is 6.36. The molecule has 0 aliphatic carbocycles. The predicted molar refractivity (Wildman–Crippen MR) is 78.1 cm³/mol. The van der Waals surface area contributed by atoms with E-state index < -0.39 is 0 Å². The highest BCUT2D eigenvalue weighted by Crippen LogP contribution is 2.22. The molecule has 1 saturated heterocycles. The molecular formula is C14H15N3O2S. The van der Waals surface area contributed by atoms with Crippen molar-refractivity contribution in [3.05, 3.63) is 42.7 Å². The first-order valence-corrected chi connectivity index (χ1v) is 7.58. The number of para-hydroxylation sites is 1. The Labute approximate surface area is 121 Å². The quantitative estimate of drug-likeness (QED) is 0.812. The van der Waals surface area contributed by atoms with Crippen LogP contribution < -0.4 is 4.90 Å². The van der Waals surface area contributed by atoms with Crippen LogP contribution >= 0.6 is 11.8 Å². The summed E-state index contributed by atoms with van der Waals surface area (Å²) < 4.78 is 7.44. The third-order valence-corrected chi connectivity index (χ3v) is 3.91. The lowest BCUT2D eigenvalue weighted by Gasteiger charge is -2.13. The molecule has 0 saturated carbocycles. The number of hydrogen-bond donors (Lipinski definition) is 0. The number of carbonyl (C=O) groups is 1. The number of ether oxygens (including phenoxy) is 1. The van der Waals surface area contributed by atoms with Gasteiger partial charge in [0.2, 0.25) is 0 Å². The van der Waals surface area contributed by atoms with Crippen molar-refractivity contribution in [1.82, 2.24) is 9.55 Å². The van der Waals surface area contributed by atoms with Gasteiger partial charge in [-0.1, -0.05) is 30.0 Å². The average Bonchev–Trinajstić information content (AvgIpc) is 3.06. The lowest BCUT2D eigenvalue weighted by atomic mass is 10.3. The van der Waals surface area contributed by atoms with Crippen LogP contribution in [0.15, 0.2) is 47.9 Å². The number of rotatable bonds is 4. The zero-order chi connectivity index (χ0) is 13.9. The van der Waals surface area contributed by atoms with Gasteiger partial charge in [0.1, 0.15) is 6.10 Å². The number of anilines is 1. The molecule has 1 aromatic carbocycles. The number of nitrogens with zero attached hydrogens (tertiary/aromatic N) is 3. The fraction of sp³-hybridized carbons (Fsp3) is 0.286. The minimum Gasteiger partial charge on any atom is -0.442 e. The molecule has 1 atom stereocenters. The Morgan fingerprint density at radius 3 is 2.95 bits per heavy atom. The van der Waals surface area contributed by atoms with Crippen LogP contribution in [0.25, 0.3) is 0 Å². The van der Waals surface area contributed by atoms with Crippen LogP contribution in [0.3, 0.4) is 0 Å². The van der Waals surface area contributed by atoms with Crippen molar-refractivity contribution in [1.29, 1.82) is 0 Å². The molecule has 1 aromatic heterocycles. The summed E-state index contributed by atoms with van der Waals surface area (Å²) in [6.45, 7) is 1.19. The Hall–Kier alpha value is -1.95. The fourth-order valence-corrected chi connectivity index (χ4v) is 2.82. The van der Waals surface area contributed by atoms with Gasteiger partial charge in [-0.05, 0) is 18.4 Å². The zero-order valence-electron chi connectivity index (χ0n) is 11.1. The van der Waals surface area contributed by atoms with Gasteiger partial charge >= 0.3 is 6.09 Å². The van der Waals surface area contributed by atoms with E-state index in [1.54, 1.807) is 22.9 Å². The van der Waals surface area contributed by atoms with Crippen molar-refractivity contribution in [2.24, 2.45) is 0 Å². The lowest BCUT2D eigenvalue weighted by Crippen LogP contribution is -2.25. The highest BCUT2D eigenvalue weighted by molar-refractivity contribution is 7.98. The number of thioether (sulfide) groups is 1. The smallest absolute Gasteiger partial charge is 0.414 e. The van der Waals surface area contributed by atoms with Crippen molar-refractivity contribution in [2.75, 3.05) is 17.7 Å². The summed E-state index contributed by atoms with van der Waals surface area (Å²) in [7, 11) is 0. The third-order valence-electron chi connectivity index (χ3n) is 3.20. The van der Waals surface area contributed by atoms with E-state index in [2.05, 4.69) is 4.98 Å². The molecule has 0 bridgehead atoms. The van der Waals surface area contributed by atoms with Crippen LogP contribution in [0, 0.1) is 0 Å². The number of cyclic esters (lactones) is 1. The molecule has 1 aliphatic rings. The maximum Gasteiger partial charge on any atom is 0.414 e. The summed E-state index contributed by atoms with van der Waals surface area (Å²) in [4.78, 5) is 17.9. The molecule has 0 N–H and O–H groups in total. The molecule has 6 heteroatoms. The topological polar surface area (TPSA) is 47.4 Å². The zero-order valence-corrected chi connectivity index (χ0v) is 11.9. The summed E-state index contributed by atoms with van der Waals surface area (Å²) in [5.74, 6) is 0. The van der Waals surface area contributed by atoms with Crippen LogP contribution in [0.2, 0.25) is 0 Å². The predicted octanol–water partition coefficient (Wildman–Crippen LogP) is 2.63. The van der Waals surface area contributed by atoms with E-state index >= 15 is 0 Å². The highest BCUT2D eigenvalue weighted by Gasteiger charge is 2.32. The van der Waals surface area contributed by atoms with E-state index in [0.717, 1.165) is 10.8 Å². The Morgan fingerprint density at radius 1 is 1.40 bits per heavy atom. The molecule has 3 rings (SSSR count). The number of imidazole rings is 1. The second-order valence-corrected chi connectivity index (χ2v) is 5.29. The summed E-state index contributed by atoms with van der Waals surface area (Å²) in [6, 6.07) is 9.58. The lowest BCUT2D eigenvalue weighted by molar-refractivity contribution is 0.130. The number of hydrogen-bond acceptors (Lipinski definition) is 4. The van der Waals surface area contributed by atoms with Crippen molar-refractivity contribution in [3.63, 3.8) is 0 Å². The summed E-state index contributed by atoms with van der Waals surface area (Å²) >= 11 is 1.58. The second-order valence-electron chi connectivity index (χ2n) is 4.52. The van der Waals surface area contributed by atoms with Gasteiger partial charge < -0.3 is 9.30 Å². The van der Waals surface area contributed by atoms with Crippen molar-refractivity contribution >= 4 is 23.5 Å². The van der Waals surface area contributed by atoms with E-state index in [1.807, 2.05) is 47.4 Å². The largest absolute Gasteiger partial charge is 0.442 e. The minimum absolute atomic E-state index is 0.150. The standard InChI is InChI=1S/C14H15N3O2S/c1-20-13-15-7-8-16(13)9-12-10-17(14(18)19-12)11-5-3-2-4-6-11/h2-8,12H,9-10H2,1H3/t12-/m0/s1. The number of amides is 1. The van der Waals surface area contributed by atoms with E-state index in [0.29, 0.717) is 13.1 Å². The molecular weight excluding hydrogens is 274 g/mol. The Balaban J connectivity index is 1.71. The van der Waals surface area contributed by atoms with Crippen LogP contribution in [-0.4, -0.2) is 34.5 Å². The number of carbonyl (C=O) groups excluding carboxylic acids is 1. The van der Waals surface area contributed by atoms with Gasteiger partial charge in [0.15, 0.2) is 5.16 Å². The summed E-state index contributed by atoms with van der Waals surface area (Å²) in [5, 5.41) is 0.930. The molecule has 0 radical (unpaired) electrons. The van der Waals surface area contributed by atoms with E-state index in [1.165, 1.54) is 0 Å².